The van der Waals surface area contributed by atoms with Crippen molar-refractivity contribution in [1.82, 2.24) is 25.0 Å². The first-order chi connectivity index (χ1) is 15.2. The number of nitrogens with one attached hydrogen (secondary N) is 1. The highest BCUT2D eigenvalue weighted by atomic mass is 16.5. The Hall–Kier alpha value is -2.84. The molecule has 1 fully saturated rings. The normalized spacial score (nSPS) is 17.7. The van der Waals surface area contributed by atoms with Crippen LogP contribution in [0.4, 0.5) is 5.82 Å². The fraction of sp³-hybridized carbons (Fsp3) is 0.478. The molecule has 5 rings (SSSR count). The topological polar surface area (TPSA) is 100 Å². The SMILES string of the molecule is Cc1nc(CN2CCC3(CCc4c(NCCO)nc(-c5ccccc5)nc43)CC2)no1. The standard InChI is InChI=1S/C23H28N6O2/c1-16-25-19(28-31-16)15-29-12-9-23(10-13-29)8-7-18-20(23)26-21(17-5-3-2-4-6-17)27-22(18)24-11-14-30/h2-6,30H,7-15H2,1H3,(H,24,26,27). The van der Waals surface area contributed by atoms with Gasteiger partial charge in [-0.25, -0.2) is 9.97 Å². The van der Waals surface area contributed by atoms with Crippen molar-refractivity contribution < 1.29 is 9.63 Å². The molecule has 2 aromatic heterocycles. The van der Waals surface area contributed by atoms with E-state index in [-0.39, 0.29) is 12.0 Å². The summed E-state index contributed by atoms with van der Waals surface area (Å²) in [7, 11) is 0. The van der Waals surface area contributed by atoms with Gasteiger partial charge >= 0.3 is 0 Å². The fourth-order valence-corrected chi connectivity index (χ4v) is 4.91. The highest BCUT2D eigenvalue weighted by molar-refractivity contribution is 5.62. The lowest BCUT2D eigenvalue weighted by Crippen LogP contribution is -2.41. The van der Waals surface area contributed by atoms with Crippen molar-refractivity contribution in [3.8, 4) is 11.4 Å². The van der Waals surface area contributed by atoms with Crippen LogP contribution in [0.25, 0.3) is 11.4 Å². The molecule has 2 aliphatic rings. The molecule has 0 atom stereocenters. The summed E-state index contributed by atoms with van der Waals surface area (Å²) in [5, 5.41) is 16.7. The van der Waals surface area contributed by atoms with Crippen molar-refractivity contribution in [2.24, 2.45) is 0 Å². The van der Waals surface area contributed by atoms with E-state index in [9.17, 15) is 5.11 Å². The zero-order chi connectivity index (χ0) is 21.3. The number of hydrogen-bond donors (Lipinski definition) is 2. The number of benzene rings is 1. The van der Waals surface area contributed by atoms with Crippen molar-refractivity contribution in [2.45, 2.75) is 44.6 Å². The van der Waals surface area contributed by atoms with Gasteiger partial charge in [0, 0.05) is 30.0 Å². The third-order valence-corrected chi connectivity index (χ3v) is 6.55. The van der Waals surface area contributed by atoms with Gasteiger partial charge < -0.3 is 14.9 Å². The molecule has 3 heterocycles. The van der Waals surface area contributed by atoms with Crippen molar-refractivity contribution in [3.05, 3.63) is 53.3 Å². The molecule has 0 saturated carbocycles. The van der Waals surface area contributed by atoms with Crippen LogP contribution in [0.5, 0.6) is 0 Å². The average molecular weight is 421 g/mol. The largest absolute Gasteiger partial charge is 0.395 e. The Morgan fingerprint density at radius 1 is 1.10 bits per heavy atom. The summed E-state index contributed by atoms with van der Waals surface area (Å²) in [5.41, 5.74) is 3.51. The predicted molar refractivity (Wildman–Crippen MR) is 117 cm³/mol. The van der Waals surface area contributed by atoms with Crippen LogP contribution in [-0.4, -0.2) is 56.4 Å². The lowest BCUT2D eigenvalue weighted by Gasteiger charge is -2.39. The Morgan fingerprint density at radius 2 is 1.90 bits per heavy atom. The first-order valence-electron chi connectivity index (χ1n) is 11.0. The van der Waals surface area contributed by atoms with E-state index in [1.54, 1.807) is 0 Å². The summed E-state index contributed by atoms with van der Waals surface area (Å²) in [5.74, 6) is 3.00. The van der Waals surface area contributed by atoms with Gasteiger partial charge in [0.2, 0.25) is 5.89 Å². The minimum absolute atomic E-state index is 0.0785. The minimum atomic E-state index is 0.0785. The first-order valence-corrected chi connectivity index (χ1v) is 11.0. The highest BCUT2D eigenvalue weighted by Gasteiger charge is 2.44. The van der Waals surface area contributed by atoms with Gasteiger partial charge in [0.1, 0.15) is 5.82 Å². The third-order valence-electron chi connectivity index (χ3n) is 6.55. The molecule has 0 amide bonds. The molecule has 2 N–H and O–H groups in total. The molecule has 0 bridgehead atoms. The Kier molecular flexibility index (Phi) is 5.41. The zero-order valence-electron chi connectivity index (χ0n) is 17.8. The van der Waals surface area contributed by atoms with Crippen LogP contribution in [0.1, 0.15) is 42.2 Å². The van der Waals surface area contributed by atoms with E-state index in [0.717, 1.165) is 68.3 Å². The van der Waals surface area contributed by atoms with E-state index in [0.29, 0.717) is 12.4 Å². The minimum Gasteiger partial charge on any atom is -0.395 e. The van der Waals surface area contributed by atoms with E-state index in [1.807, 2.05) is 25.1 Å². The molecular formula is C23H28N6O2. The molecule has 1 aliphatic carbocycles. The van der Waals surface area contributed by atoms with Gasteiger partial charge in [0.25, 0.3) is 0 Å². The van der Waals surface area contributed by atoms with Gasteiger partial charge in [-0.2, -0.15) is 4.98 Å². The maximum Gasteiger partial charge on any atom is 0.223 e. The molecule has 3 aromatic rings. The molecule has 0 radical (unpaired) electrons. The summed E-state index contributed by atoms with van der Waals surface area (Å²) in [6.45, 7) is 5.08. The number of nitrogens with zero attached hydrogens (tertiary/aromatic N) is 5. The maximum atomic E-state index is 9.33. The van der Waals surface area contributed by atoms with Crippen LogP contribution in [-0.2, 0) is 18.4 Å². The lowest BCUT2D eigenvalue weighted by atomic mass is 9.76. The summed E-state index contributed by atoms with van der Waals surface area (Å²) >= 11 is 0. The molecule has 162 valence electrons. The second-order valence-electron chi connectivity index (χ2n) is 8.53. The molecule has 1 saturated heterocycles. The van der Waals surface area contributed by atoms with E-state index in [1.165, 1.54) is 11.3 Å². The van der Waals surface area contributed by atoms with Crippen LogP contribution in [0.15, 0.2) is 34.9 Å². The van der Waals surface area contributed by atoms with Gasteiger partial charge in [0.15, 0.2) is 11.6 Å². The number of rotatable bonds is 6. The second kappa shape index (κ2) is 8.36. The monoisotopic (exact) mass is 420 g/mol. The first kappa shape index (κ1) is 20.1. The number of hydrogen-bond acceptors (Lipinski definition) is 8. The van der Waals surface area contributed by atoms with E-state index >= 15 is 0 Å². The number of aromatic nitrogens is 4. The van der Waals surface area contributed by atoms with Crippen molar-refractivity contribution in [3.63, 3.8) is 0 Å². The Bertz CT molecular complexity index is 1040. The molecule has 8 nitrogen and oxygen atoms in total. The highest BCUT2D eigenvalue weighted by Crippen LogP contribution is 2.47. The molecule has 0 unspecified atom stereocenters. The number of aliphatic hydroxyl groups is 1. The number of aryl methyl sites for hydroxylation is 1. The van der Waals surface area contributed by atoms with Crippen LogP contribution in [0, 0.1) is 6.92 Å². The third kappa shape index (κ3) is 3.93. The number of likely N-dealkylation sites (tertiary alicyclic amines) is 1. The quantitative estimate of drug-likeness (QED) is 0.628. The van der Waals surface area contributed by atoms with Gasteiger partial charge in [-0.1, -0.05) is 35.5 Å². The van der Waals surface area contributed by atoms with E-state index < -0.39 is 0 Å². The van der Waals surface area contributed by atoms with Crippen molar-refractivity contribution >= 4 is 5.82 Å². The number of piperidine rings is 1. The zero-order valence-corrected chi connectivity index (χ0v) is 17.8. The molecule has 1 spiro atoms. The Labute approximate surface area is 181 Å². The van der Waals surface area contributed by atoms with E-state index in [4.69, 9.17) is 14.5 Å². The smallest absolute Gasteiger partial charge is 0.223 e. The van der Waals surface area contributed by atoms with E-state index in [2.05, 4.69) is 32.5 Å². The Balaban J connectivity index is 1.42. The van der Waals surface area contributed by atoms with Crippen LogP contribution < -0.4 is 5.32 Å². The van der Waals surface area contributed by atoms with Crippen LogP contribution in [0.2, 0.25) is 0 Å². The second-order valence-corrected chi connectivity index (χ2v) is 8.53. The van der Waals surface area contributed by atoms with Gasteiger partial charge in [-0.05, 0) is 38.8 Å². The molecule has 8 heteroatoms. The summed E-state index contributed by atoms with van der Waals surface area (Å²) in [6.07, 6.45) is 4.18. The van der Waals surface area contributed by atoms with Crippen LogP contribution in [0.3, 0.4) is 0 Å². The van der Waals surface area contributed by atoms with Crippen LogP contribution >= 0.6 is 0 Å². The van der Waals surface area contributed by atoms with Crippen molar-refractivity contribution in [2.75, 3.05) is 31.6 Å². The van der Waals surface area contributed by atoms with Gasteiger partial charge in [-0.15, -0.1) is 0 Å². The number of fused-ring (bicyclic) bond motifs is 2. The summed E-state index contributed by atoms with van der Waals surface area (Å²) in [6, 6.07) is 10.1. The maximum absolute atomic E-state index is 9.33. The summed E-state index contributed by atoms with van der Waals surface area (Å²) in [4.78, 5) is 16.7. The lowest BCUT2D eigenvalue weighted by molar-refractivity contribution is 0.146. The summed E-state index contributed by atoms with van der Waals surface area (Å²) < 4.78 is 5.12. The molecular weight excluding hydrogens is 392 g/mol. The number of aliphatic hydroxyl groups excluding tert-OH is 1. The molecule has 1 aliphatic heterocycles. The van der Waals surface area contributed by atoms with Crippen molar-refractivity contribution in [1.29, 1.82) is 0 Å². The Morgan fingerprint density at radius 3 is 2.61 bits per heavy atom. The molecule has 31 heavy (non-hydrogen) atoms. The molecule has 1 aromatic carbocycles. The number of anilines is 1. The van der Waals surface area contributed by atoms with Gasteiger partial charge in [0.05, 0.1) is 18.8 Å². The van der Waals surface area contributed by atoms with Gasteiger partial charge in [-0.3, -0.25) is 4.90 Å². The fourth-order valence-electron chi connectivity index (χ4n) is 4.91. The predicted octanol–water partition coefficient (Wildman–Crippen LogP) is 2.72. The average Bonchev–Trinajstić information content (AvgIpc) is 3.38.